The van der Waals surface area contributed by atoms with Crippen LogP contribution >= 0.6 is 0 Å². The van der Waals surface area contributed by atoms with E-state index < -0.39 is 204 Å². The van der Waals surface area contributed by atoms with Crippen molar-refractivity contribution in [1.29, 1.82) is 0 Å². The van der Waals surface area contributed by atoms with Gasteiger partial charge >= 0.3 is 0 Å². The first-order valence-electron chi connectivity index (χ1n) is 34.9. The number of aromatic amines is 2. The zero-order chi connectivity index (χ0) is 64.9. The second-order valence-corrected chi connectivity index (χ2v) is 33.2. The molecular weight excluding hydrogens is 1260 g/mol. The van der Waals surface area contributed by atoms with Crippen LogP contribution in [-0.4, -0.2) is 62.0 Å². The monoisotopic (exact) mass is 1330 g/mol. The molecule has 12 nitrogen and oxygen atoms in total. The molecule has 6 N–H and O–H groups in total. The fourth-order valence-electron chi connectivity index (χ4n) is 24.9. The van der Waals surface area contributed by atoms with Gasteiger partial charge < -0.3 is 31.2 Å². The van der Waals surface area contributed by atoms with Crippen LogP contribution in [0.2, 0.25) is 0 Å². The van der Waals surface area contributed by atoms with Crippen LogP contribution < -0.4 is 21.3 Å². The topological polar surface area (TPSA) is 157 Å². The summed E-state index contributed by atoms with van der Waals surface area (Å²) in [7, 11) is 0. The smallest absolute Gasteiger partial charge is 0.185 e. The molecule has 2 aliphatic heterocycles. The van der Waals surface area contributed by atoms with E-state index in [0.29, 0.717) is 77.0 Å². The largest absolute Gasteiger partial charge is 0.375 e. The molecule has 4 aromatic carbocycles. The normalized spacial score (nSPS) is 34.9. The Bertz CT molecular complexity index is 4460. The van der Waals surface area contributed by atoms with E-state index in [0.717, 1.165) is 77.0 Å². The SMILES string of the molecule is Fc1c(F)c2c(c(F)c1NC13CC4CC(CC(C4)C1)C3)-c1nc-2nc2[nH]c(nc3nc(nc4[nH]c(n1)c1c(F)c(F)c(NC56CC7CC(CC(C7)C5)C6)c(F)c41)-c1c(F)c(F)c(NC45CC6CC(CC(C6)C4)C5)c(F)c1-3)c1c(F)c(F)c(NC34CC5CC(CC(C5)C3)C4)c(F)c21. The number of nitrogens with one attached hydrogen (secondary N) is 6. The number of aromatic nitrogens is 8. The molecule has 0 amide bonds. The number of hydrogen-bond donors (Lipinski definition) is 6. The molecule has 18 aliphatic rings. The van der Waals surface area contributed by atoms with Crippen LogP contribution in [0.4, 0.5) is 75.4 Å². The summed E-state index contributed by atoms with van der Waals surface area (Å²) in [4.78, 5) is 32.4. The molecule has 0 unspecified atom stereocenters. The molecule has 25 rings (SSSR count). The average molecular weight is 1330 g/mol. The number of H-pyrrole nitrogens is 2. The van der Waals surface area contributed by atoms with Gasteiger partial charge in [-0.15, -0.1) is 0 Å². The van der Waals surface area contributed by atoms with Crippen LogP contribution in [-0.2, 0) is 0 Å². The highest BCUT2D eigenvalue weighted by atomic mass is 19.2. The van der Waals surface area contributed by atoms with Crippen LogP contribution in [0, 0.1) is 141 Å². The Balaban J connectivity index is 0.847. The average Bonchev–Trinajstić information content (AvgIpc) is 1.58. The Hall–Kier alpha value is -7.40. The van der Waals surface area contributed by atoms with Gasteiger partial charge in [-0.05, 0) is 225 Å². The number of fused-ring (bicyclic) bond motifs is 20. The molecular formula is C72H66F12N12. The van der Waals surface area contributed by atoms with Crippen LogP contribution in [0.15, 0.2) is 0 Å². The summed E-state index contributed by atoms with van der Waals surface area (Å²) in [5.41, 5.74) is -13.9. The second kappa shape index (κ2) is 19.3. The lowest BCUT2D eigenvalue weighted by molar-refractivity contribution is 0.0102. The zero-order valence-corrected chi connectivity index (χ0v) is 52.1. The lowest BCUT2D eigenvalue weighted by Gasteiger charge is -2.57. The van der Waals surface area contributed by atoms with Crippen LogP contribution in [0.3, 0.4) is 0 Å². The summed E-state index contributed by atoms with van der Waals surface area (Å²) in [6.07, 6.45) is 17.8. The molecule has 16 aliphatic carbocycles. The van der Waals surface area contributed by atoms with Crippen molar-refractivity contribution < 1.29 is 52.7 Å². The van der Waals surface area contributed by atoms with E-state index in [1.807, 2.05) is 0 Å². The second-order valence-electron chi connectivity index (χ2n) is 33.2. The molecule has 96 heavy (non-hydrogen) atoms. The van der Waals surface area contributed by atoms with E-state index >= 15 is 52.7 Å². The number of halogens is 12. The van der Waals surface area contributed by atoms with E-state index in [9.17, 15) is 0 Å². The van der Waals surface area contributed by atoms with E-state index in [4.69, 9.17) is 0 Å². The van der Waals surface area contributed by atoms with Crippen LogP contribution in [0.5, 0.6) is 0 Å². The molecule has 0 saturated heterocycles. The van der Waals surface area contributed by atoms with E-state index in [-0.39, 0.29) is 71.0 Å². The Labute approximate surface area is 541 Å². The Morgan fingerprint density at radius 3 is 0.646 bits per heavy atom. The maximum Gasteiger partial charge on any atom is 0.185 e. The first-order chi connectivity index (χ1) is 46.1. The fraction of sp³-hybridized carbons (Fsp3) is 0.556. The lowest BCUT2D eigenvalue weighted by Crippen LogP contribution is -2.55. The molecule has 0 radical (unpaired) electrons. The van der Waals surface area contributed by atoms with Gasteiger partial charge in [0.15, 0.2) is 93.1 Å². The lowest BCUT2D eigenvalue weighted by atomic mass is 9.53. The zero-order valence-electron chi connectivity index (χ0n) is 52.1. The van der Waals surface area contributed by atoms with Crippen molar-refractivity contribution in [2.75, 3.05) is 21.3 Å². The minimum absolute atomic E-state index is 0.248. The van der Waals surface area contributed by atoms with E-state index in [1.165, 1.54) is 0 Å². The molecule has 7 aromatic rings. The number of anilines is 4. The van der Waals surface area contributed by atoms with Crippen LogP contribution in [0.25, 0.3) is 89.7 Å². The predicted molar refractivity (Wildman–Crippen MR) is 334 cm³/mol. The van der Waals surface area contributed by atoms with Crippen molar-refractivity contribution in [3.63, 3.8) is 0 Å². The Morgan fingerprint density at radius 2 is 0.417 bits per heavy atom. The van der Waals surface area contributed by atoms with Gasteiger partial charge in [0, 0.05) is 22.2 Å². The van der Waals surface area contributed by atoms with Gasteiger partial charge in [-0.1, -0.05) is 0 Å². The molecule has 24 bridgehead atoms. The highest BCUT2D eigenvalue weighted by molar-refractivity contribution is 6.09. The standard InChI is InChI=1S/C72H66F12N12/c73-45-37-41(49(77)57(53(45)81)93-69-13-25-1-26(14-69)3-27(2-25)15-69)65-85-61(37)90-66-43-39(47(75)55(83)59(51(43)79)95-71-19-31-7-32(20-71)9-33(8-31)21-71)63(87-66)92-68-44-40(48(76)56(84)60(52(44)80)96-72-22-34-10-35(23-72)12-36(11-34)24-72)64(88-68)91-67-42-38(62(86-67)89-65)46(74)54(82)58(50(42)78)94-70-16-28-4-29(17-70)6-30(5-28)18-70/h25-36,93-96H,1-24H2,(H2,85,86,87,88,89,90,91,92). The van der Waals surface area contributed by atoms with Gasteiger partial charge in [-0.25, -0.2) is 82.6 Å². The molecule has 0 atom stereocenters. The minimum Gasteiger partial charge on any atom is -0.375 e. The number of hydrogen-bond acceptors (Lipinski definition) is 10. The predicted octanol–water partition coefficient (Wildman–Crippen LogP) is 18.1. The first kappa shape index (κ1) is 57.6. The van der Waals surface area contributed by atoms with Crippen LogP contribution in [0.1, 0.15) is 154 Å². The molecule has 16 saturated carbocycles. The summed E-state index contributed by atoms with van der Waals surface area (Å²) in [6, 6.07) is 0. The quantitative estimate of drug-likeness (QED) is 0.0639. The van der Waals surface area contributed by atoms with Gasteiger partial charge in [-0.3, -0.25) is 0 Å². The van der Waals surface area contributed by atoms with Crippen molar-refractivity contribution in [3.8, 4) is 45.6 Å². The maximum absolute atomic E-state index is 18.3. The van der Waals surface area contributed by atoms with Gasteiger partial charge in [-0.2, -0.15) is 0 Å². The highest BCUT2D eigenvalue weighted by Gasteiger charge is 2.56. The molecule has 16 fully saturated rings. The summed E-state index contributed by atoms with van der Waals surface area (Å²) in [5, 5.41) is 8.79. The number of nitrogens with zero attached hydrogens (tertiary/aromatic N) is 6. The number of benzene rings is 4. The molecule has 24 heteroatoms. The first-order valence-corrected chi connectivity index (χ1v) is 34.9. The molecule has 498 valence electrons. The number of rotatable bonds is 8. The third-order valence-corrected chi connectivity index (χ3v) is 26.6. The van der Waals surface area contributed by atoms with Crippen molar-refractivity contribution in [2.24, 2.45) is 71.0 Å². The van der Waals surface area contributed by atoms with Gasteiger partial charge in [0.1, 0.15) is 45.3 Å². The van der Waals surface area contributed by atoms with E-state index in [1.54, 1.807) is 0 Å². The maximum atomic E-state index is 18.3. The summed E-state index contributed by atoms with van der Waals surface area (Å²) in [6.45, 7) is 0. The van der Waals surface area contributed by atoms with Crippen molar-refractivity contribution >= 4 is 66.9 Å². The van der Waals surface area contributed by atoms with Crippen molar-refractivity contribution in [2.45, 2.75) is 176 Å². The van der Waals surface area contributed by atoms with Crippen molar-refractivity contribution in [3.05, 3.63) is 69.8 Å². The third-order valence-electron chi connectivity index (χ3n) is 26.6. The van der Waals surface area contributed by atoms with Gasteiger partial charge in [0.05, 0.1) is 43.8 Å². The Kier molecular flexibility index (Phi) is 11.6. The third kappa shape index (κ3) is 8.06. The molecule has 0 spiro atoms. The molecule has 3 aromatic heterocycles. The van der Waals surface area contributed by atoms with Crippen molar-refractivity contribution in [1.82, 2.24) is 39.9 Å². The van der Waals surface area contributed by atoms with Gasteiger partial charge in [0.2, 0.25) is 0 Å². The van der Waals surface area contributed by atoms with E-state index in [2.05, 4.69) is 61.1 Å². The minimum atomic E-state index is -1.72. The highest BCUT2D eigenvalue weighted by Crippen LogP contribution is 2.62. The summed E-state index contributed by atoms with van der Waals surface area (Å²) >= 11 is 0. The fourth-order valence-corrected chi connectivity index (χ4v) is 24.9. The van der Waals surface area contributed by atoms with Gasteiger partial charge in [0.25, 0.3) is 0 Å². The molecule has 5 heterocycles. The summed E-state index contributed by atoms with van der Waals surface area (Å²) in [5.74, 6) is -19.9. The summed E-state index contributed by atoms with van der Waals surface area (Å²) < 4.78 is 214. The Morgan fingerprint density at radius 1 is 0.229 bits per heavy atom.